The molecule has 0 aliphatic carbocycles. The zero-order chi connectivity index (χ0) is 31.1. The van der Waals surface area contributed by atoms with Gasteiger partial charge < -0.3 is 10.2 Å². The fourth-order valence-electron chi connectivity index (χ4n) is 4.48. The van der Waals surface area contributed by atoms with Gasteiger partial charge in [0.25, 0.3) is 10.0 Å². The van der Waals surface area contributed by atoms with Crippen LogP contribution in [0.1, 0.15) is 43.9 Å². The van der Waals surface area contributed by atoms with Gasteiger partial charge in [0.1, 0.15) is 12.6 Å². The van der Waals surface area contributed by atoms with Gasteiger partial charge in [0.15, 0.2) is 0 Å². The SMILES string of the molecule is CC[C@H](C(=O)NC(C)C)N(CCc1ccccc1)C(=O)CN(c1cccc(C(F)(F)F)c1)S(=O)(=O)c1ccc(C)cc1. The van der Waals surface area contributed by atoms with E-state index in [-0.39, 0.29) is 29.6 Å². The van der Waals surface area contributed by atoms with Crippen molar-refractivity contribution in [2.24, 2.45) is 0 Å². The molecular weight excluding hydrogens is 567 g/mol. The zero-order valence-electron chi connectivity index (χ0n) is 24.1. The minimum Gasteiger partial charge on any atom is -0.352 e. The number of carbonyl (C=O) groups excluding carboxylic acids is 2. The molecule has 0 saturated heterocycles. The van der Waals surface area contributed by atoms with Gasteiger partial charge in [-0.25, -0.2) is 8.42 Å². The van der Waals surface area contributed by atoms with Crippen LogP contribution in [0, 0.1) is 6.92 Å². The van der Waals surface area contributed by atoms with Gasteiger partial charge in [-0.05, 0) is 69.5 Å². The van der Waals surface area contributed by atoms with Crippen molar-refractivity contribution >= 4 is 27.5 Å². The molecule has 0 spiro atoms. The predicted octanol–water partition coefficient (Wildman–Crippen LogP) is 5.58. The zero-order valence-corrected chi connectivity index (χ0v) is 24.9. The van der Waals surface area contributed by atoms with Crippen LogP contribution in [0.15, 0.2) is 83.8 Å². The maximum absolute atomic E-state index is 14.0. The summed E-state index contributed by atoms with van der Waals surface area (Å²) in [6.07, 6.45) is -4.11. The smallest absolute Gasteiger partial charge is 0.352 e. The first kappa shape index (κ1) is 32.7. The summed E-state index contributed by atoms with van der Waals surface area (Å²) < 4.78 is 69.2. The van der Waals surface area contributed by atoms with Gasteiger partial charge in [0.2, 0.25) is 11.8 Å². The van der Waals surface area contributed by atoms with Gasteiger partial charge in [0.05, 0.1) is 16.1 Å². The van der Waals surface area contributed by atoms with Gasteiger partial charge in [0, 0.05) is 12.6 Å². The van der Waals surface area contributed by atoms with Crippen molar-refractivity contribution in [3.05, 3.63) is 95.6 Å². The number of alkyl halides is 3. The van der Waals surface area contributed by atoms with Gasteiger partial charge in [-0.1, -0.05) is 61.0 Å². The second-order valence-electron chi connectivity index (χ2n) is 10.3. The molecule has 0 fully saturated rings. The molecule has 0 radical (unpaired) electrons. The van der Waals surface area contributed by atoms with Crippen molar-refractivity contribution in [2.75, 3.05) is 17.4 Å². The molecule has 2 amide bonds. The lowest BCUT2D eigenvalue weighted by molar-refractivity contribution is -0.139. The Hall–Kier alpha value is -3.86. The van der Waals surface area contributed by atoms with Crippen LogP contribution in [0.3, 0.4) is 0 Å². The largest absolute Gasteiger partial charge is 0.416 e. The molecule has 0 aliphatic heterocycles. The first-order valence-corrected chi connectivity index (χ1v) is 15.1. The number of amides is 2. The summed E-state index contributed by atoms with van der Waals surface area (Å²) in [6.45, 7) is 6.35. The van der Waals surface area contributed by atoms with Crippen molar-refractivity contribution in [3.63, 3.8) is 0 Å². The Balaban J connectivity index is 2.07. The summed E-state index contributed by atoms with van der Waals surface area (Å²) in [7, 11) is -4.48. The first-order valence-electron chi connectivity index (χ1n) is 13.6. The summed E-state index contributed by atoms with van der Waals surface area (Å²) in [5.74, 6) is -1.12. The third kappa shape index (κ3) is 8.34. The summed E-state index contributed by atoms with van der Waals surface area (Å²) in [6, 6.07) is 17.8. The molecule has 3 aromatic rings. The molecule has 226 valence electrons. The lowest BCUT2D eigenvalue weighted by Crippen LogP contribution is -2.54. The van der Waals surface area contributed by atoms with Gasteiger partial charge in [-0.3, -0.25) is 13.9 Å². The van der Waals surface area contributed by atoms with Crippen LogP contribution >= 0.6 is 0 Å². The van der Waals surface area contributed by atoms with Crippen LogP contribution in [0.25, 0.3) is 0 Å². The molecule has 3 rings (SSSR count). The minimum absolute atomic E-state index is 0.0911. The molecule has 0 saturated carbocycles. The van der Waals surface area contributed by atoms with Crippen LogP contribution in [0.4, 0.5) is 18.9 Å². The number of sulfonamides is 1. The van der Waals surface area contributed by atoms with Gasteiger partial charge >= 0.3 is 6.18 Å². The third-order valence-electron chi connectivity index (χ3n) is 6.65. The maximum atomic E-state index is 14.0. The molecule has 11 heteroatoms. The standard InChI is InChI=1S/C31H36F3N3O4S/c1-5-28(30(39)35-22(2)3)36(19-18-24-10-7-6-8-11-24)29(38)21-37(26-13-9-12-25(20-26)31(32,33)34)42(40,41)27-16-14-23(4)15-17-27/h6-17,20,22,28H,5,18-19,21H2,1-4H3,(H,35,39)/t28-/m1/s1. The van der Waals surface area contributed by atoms with Crippen molar-refractivity contribution in [1.29, 1.82) is 0 Å². The molecule has 0 bridgehead atoms. The first-order chi connectivity index (χ1) is 19.7. The van der Waals surface area contributed by atoms with Crippen molar-refractivity contribution in [3.8, 4) is 0 Å². The van der Waals surface area contributed by atoms with E-state index in [1.807, 2.05) is 30.3 Å². The van der Waals surface area contributed by atoms with Crippen molar-refractivity contribution in [2.45, 2.75) is 63.7 Å². The lowest BCUT2D eigenvalue weighted by Gasteiger charge is -2.33. The Morgan fingerprint density at radius 2 is 1.57 bits per heavy atom. The number of anilines is 1. The second kappa shape index (κ2) is 13.9. The highest BCUT2D eigenvalue weighted by Crippen LogP contribution is 2.33. The minimum atomic E-state index is -4.73. The fraction of sp³-hybridized carbons (Fsp3) is 0.355. The number of carbonyl (C=O) groups is 2. The molecule has 0 unspecified atom stereocenters. The molecule has 0 aliphatic rings. The highest BCUT2D eigenvalue weighted by atomic mass is 32.2. The number of nitrogens with one attached hydrogen (secondary N) is 1. The van der Waals surface area contributed by atoms with E-state index in [4.69, 9.17) is 0 Å². The molecule has 1 atom stereocenters. The van der Waals surface area contributed by atoms with Gasteiger partial charge in [-0.2, -0.15) is 13.2 Å². The van der Waals surface area contributed by atoms with E-state index >= 15 is 0 Å². The molecular formula is C31H36F3N3O4S. The summed E-state index contributed by atoms with van der Waals surface area (Å²) in [4.78, 5) is 28.2. The fourth-order valence-corrected chi connectivity index (χ4v) is 5.89. The van der Waals surface area contributed by atoms with E-state index in [2.05, 4.69) is 5.32 Å². The predicted molar refractivity (Wildman–Crippen MR) is 156 cm³/mol. The summed E-state index contributed by atoms with van der Waals surface area (Å²) in [5, 5.41) is 2.81. The maximum Gasteiger partial charge on any atom is 0.416 e. The molecule has 1 N–H and O–H groups in total. The molecule has 0 heterocycles. The monoisotopic (exact) mass is 603 g/mol. The Kier molecular flexibility index (Phi) is 10.8. The van der Waals surface area contributed by atoms with E-state index in [0.717, 1.165) is 23.3 Å². The Morgan fingerprint density at radius 3 is 2.14 bits per heavy atom. The Labute approximate surface area is 245 Å². The lowest BCUT2D eigenvalue weighted by atomic mass is 10.1. The van der Waals surface area contributed by atoms with Crippen LogP contribution < -0.4 is 9.62 Å². The average molecular weight is 604 g/mol. The van der Waals surface area contributed by atoms with Crippen LogP contribution in [0.2, 0.25) is 0 Å². The van der Waals surface area contributed by atoms with E-state index in [9.17, 15) is 31.2 Å². The number of nitrogens with zero attached hydrogens (tertiary/aromatic N) is 2. The Bertz CT molecular complexity index is 1460. The topological polar surface area (TPSA) is 86.8 Å². The number of aryl methyl sites for hydroxylation is 1. The van der Waals surface area contributed by atoms with Crippen molar-refractivity contribution in [1.82, 2.24) is 10.2 Å². The van der Waals surface area contributed by atoms with E-state index in [1.54, 1.807) is 39.8 Å². The quantitative estimate of drug-likeness (QED) is 0.293. The average Bonchev–Trinajstić information content (AvgIpc) is 2.93. The summed E-state index contributed by atoms with van der Waals surface area (Å²) >= 11 is 0. The molecule has 42 heavy (non-hydrogen) atoms. The van der Waals surface area contributed by atoms with E-state index in [0.29, 0.717) is 16.8 Å². The number of rotatable bonds is 12. The van der Waals surface area contributed by atoms with Gasteiger partial charge in [-0.15, -0.1) is 0 Å². The normalized spacial score (nSPS) is 12.6. The van der Waals surface area contributed by atoms with E-state index in [1.165, 1.54) is 23.1 Å². The van der Waals surface area contributed by atoms with E-state index < -0.39 is 46.2 Å². The molecule has 0 aromatic heterocycles. The van der Waals surface area contributed by atoms with Crippen LogP contribution in [-0.4, -0.2) is 50.3 Å². The summed E-state index contributed by atoms with van der Waals surface area (Å²) in [5.41, 5.74) is 0.308. The molecule has 3 aromatic carbocycles. The number of halogens is 3. The number of benzene rings is 3. The second-order valence-corrected chi connectivity index (χ2v) is 12.1. The van der Waals surface area contributed by atoms with Crippen LogP contribution in [-0.2, 0) is 32.2 Å². The highest BCUT2D eigenvalue weighted by Gasteiger charge is 2.35. The Morgan fingerprint density at radius 1 is 0.929 bits per heavy atom. The van der Waals surface area contributed by atoms with Crippen LogP contribution in [0.5, 0.6) is 0 Å². The third-order valence-corrected chi connectivity index (χ3v) is 8.44. The van der Waals surface area contributed by atoms with Crippen molar-refractivity contribution < 1.29 is 31.2 Å². The molecule has 7 nitrogen and oxygen atoms in total. The number of hydrogen-bond donors (Lipinski definition) is 1. The number of hydrogen-bond acceptors (Lipinski definition) is 4. The highest BCUT2D eigenvalue weighted by molar-refractivity contribution is 7.92.